The normalized spacial score (nSPS) is 15.6. The fourth-order valence-electron chi connectivity index (χ4n) is 0.883. The molecule has 0 bridgehead atoms. The monoisotopic (exact) mass is 185 g/mol. The maximum Gasteiger partial charge on any atom is 0.106 e. The van der Waals surface area contributed by atoms with Crippen LogP contribution in [0.3, 0.4) is 0 Å². The van der Waals surface area contributed by atoms with Gasteiger partial charge in [0.15, 0.2) is 0 Å². The lowest BCUT2D eigenvalue weighted by molar-refractivity contribution is 0.0337. The minimum Gasteiger partial charge on any atom is -0.389 e. The summed E-state index contributed by atoms with van der Waals surface area (Å²) in [6.07, 6.45) is 1.45. The zero-order valence-electron chi connectivity index (χ0n) is 6.46. The quantitative estimate of drug-likeness (QED) is 0.598. The van der Waals surface area contributed by atoms with Crippen molar-refractivity contribution in [2.24, 2.45) is 0 Å². The number of hydrogen-bond acceptors (Lipinski definition) is 4. The standard InChI is InChI=1S/C8H11NO2S/c10-7(5-12)8(11)6-1-3-9-4-2-6/h1-4,7-8,10-12H,5H2. The van der Waals surface area contributed by atoms with E-state index in [1.54, 1.807) is 24.5 Å². The third-order valence-corrected chi connectivity index (χ3v) is 1.97. The Morgan fingerprint density at radius 1 is 1.33 bits per heavy atom. The van der Waals surface area contributed by atoms with Crippen molar-refractivity contribution in [1.29, 1.82) is 0 Å². The van der Waals surface area contributed by atoms with Gasteiger partial charge in [0.2, 0.25) is 0 Å². The van der Waals surface area contributed by atoms with Crippen LogP contribution in [0.5, 0.6) is 0 Å². The highest BCUT2D eigenvalue weighted by atomic mass is 32.1. The molecule has 0 fully saturated rings. The summed E-state index contributed by atoms with van der Waals surface area (Å²) in [5, 5.41) is 18.7. The highest BCUT2D eigenvalue weighted by Crippen LogP contribution is 2.15. The van der Waals surface area contributed by atoms with Gasteiger partial charge in [-0.1, -0.05) is 0 Å². The van der Waals surface area contributed by atoms with Crippen molar-refractivity contribution in [2.45, 2.75) is 12.2 Å². The van der Waals surface area contributed by atoms with Crippen LogP contribution in [0, 0.1) is 0 Å². The first-order valence-corrected chi connectivity index (χ1v) is 4.26. The molecule has 0 spiro atoms. The molecule has 2 unspecified atom stereocenters. The summed E-state index contributed by atoms with van der Waals surface area (Å²) in [6, 6.07) is 3.33. The Hall–Kier alpha value is -0.580. The van der Waals surface area contributed by atoms with E-state index in [9.17, 15) is 10.2 Å². The van der Waals surface area contributed by atoms with Gasteiger partial charge < -0.3 is 10.2 Å². The summed E-state index contributed by atoms with van der Waals surface area (Å²) in [5.74, 6) is 0.240. The van der Waals surface area contributed by atoms with Gasteiger partial charge in [-0.05, 0) is 17.7 Å². The molecule has 1 rings (SSSR count). The van der Waals surface area contributed by atoms with Gasteiger partial charge in [-0.25, -0.2) is 0 Å². The Morgan fingerprint density at radius 3 is 2.42 bits per heavy atom. The molecular weight excluding hydrogens is 174 g/mol. The molecule has 0 amide bonds. The molecule has 3 nitrogen and oxygen atoms in total. The van der Waals surface area contributed by atoms with Crippen molar-refractivity contribution in [1.82, 2.24) is 4.98 Å². The Balaban J connectivity index is 2.71. The molecule has 0 radical (unpaired) electrons. The number of nitrogens with zero attached hydrogens (tertiary/aromatic N) is 1. The lowest BCUT2D eigenvalue weighted by atomic mass is 10.1. The van der Waals surface area contributed by atoms with Gasteiger partial charge in [0.05, 0.1) is 6.10 Å². The molecule has 1 aromatic rings. The average Bonchev–Trinajstić information content (AvgIpc) is 2.17. The number of pyridine rings is 1. The highest BCUT2D eigenvalue weighted by Gasteiger charge is 2.15. The maximum absolute atomic E-state index is 9.46. The van der Waals surface area contributed by atoms with Crippen molar-refractivity contribution in [3.8, 4) is 0 Å². The zero-order chi connectivity index (χ0) is 8.97. The molecular formula is C8H11NO2S. The molecule has 0 aliphatic heterocycles. The number of aliphatic hydroxyl groups is 2. The molecule has 0 aromatic carbocycles. The molecule has 0 aliphatic carbocycles. The van der Waals surface area contributed by atoms with E-state index in [1.807, 2.05) is 0 Å². The van der Waals surface area contributed by atoms with Crippen LogP contribution in [0.15, 0.2) is 24.5 Å². The minimum absolute atomic E-state index is 0.240. The molecule has 0 saturated heterocycles. The van der Waals surface area contributed by atoms with Crippen LogP contribution in [-0.2, 0) is 0 Å². The van der Waals surface area contributed by atoms with Crippen molar-refractivity contribution in [3.63, 3.8) is 0 Å². The number of aromatic nitrogens is 1. The second-order valence-corrected chi connectivity index (χ2v) is 2.84. The Kier molecular flexibility index (Phi) is 3.52. The van der Waals surface area contributed by atoms with Crippen LogP contribution in [0.4, 0.5) is 0 Å². The fourth-order valence-corrected chi connectivity index (χ4v) is 1.08. The van der Waals surface area contributed by atoms with Gasteiger partial charge in [0, 0.05) is 18.1 Å². The minimum atomic E-state index is -0.870. The van der Waals surface area contributed by atoms with E-state index >= 15 is 0 Å². The largest absolute Gasteiger partial charge is 0.389 e. The number of hydrogen-bond donors (Lipinski definition) is 3. The molecule has 0 saturated carbocycles. The topological polar surface area (TPSA) is 53.4 Å². The van der Waals surface area contributed by atoms with E-state index in [1.165, 1.54) is 0 Å². The molecule has 0 aliphatic rings. The van der Waals surface area contributed by atoms with Gasteiger partial charge >= 0.3 is 0 Å². The Morgan fingerprint density at radius 2 is 1.92 bits per heavy atom. The van der Waals surface area contributed by atoms with Crippen LogP contribution < -0.4 is 0 Å². The number of thiol groups is 1. The summed E-state index contributed by atoms with van der Waals surface area (Å²) >= 11 is 3.88. The molecule has 66 valence electrons. The first-order chi connectivity index (χ1) is 5.75. The van der Waals surface area contributed by atoms with Gasteiger partial charge in [-0.2, -0.15) is 12.6 Å². The Labute approximate surface area is 76.5 Å². The third kappa shape index (κ3) is 2.20. The number of aliphatic hydroxyl groups excluding tert-OH is 2. The molecule has 2 atom stereocenters. The van der Waals surface area contributed by atoms with Gasteiger partial charge in [0.25, 0.3) is 0 Å². The van der Waals surface area contributed by atoms with Crippen LogP contribution in [-0.4, -0.2) is 27.1 Å². The van der Waals surface area contributed by atoms with E-state index in [4.69, 9.17) is 0 Å². The first-order valence-electron chi connectivity index (χ1n) is 3.62. The van der Waals surface area contributed by atoms with Crippen LogP contribution in [0.25, 0.3) is 0 Å². The predicted molar refractivity (Wildman–Crippen MR) is 49.1 cm³/mol. The van der Waals surface area contributed by atoms with Crippen molar-refractivity contribution in [3.05, 3.63) is 30.1 Å². The predicted octanol–water partition coefficient (Wildman–Crippen LogP) is 0.406. The highest BCUT2D eigenvalue weighted by molar-refractivity contribution is 7.80. The number of rotatable bonds is 3. The fraction of sp³-hybridized carbons (Fsp3) is 0.375. The summed E-state index contributed by atoms with van der Waals surface area (Å²) in [7, 11) is 0. The summed E-state index contributed by atoms with van der Waals surface area (Å²) in [5.41, 5.74) is 0.659. The molecule has 4 heteroatoms. The summed E-state index contributed by atoms with van der Waals surface area (Å²) < 4.78 is 0. The van der Waals surface area contributed by atoms with E-state index in [2.05, 4.69) is 17.6 Å². The van der Waals surface area contributed by atoms with E-state index in [-0.39, 0.29) is 5.75 Å². The van der Waals surface area contributed by atoms with E-state index in [0.717, 1.165) is 0 Å². The van der Waals surface area contributed by atoms with Crippen LogP contribution in [0.2, 0.25) is 0 Å². The second-order valence-electron chi connectivity index (χ2n) is 2.48. The first kappa shape index (κ1) is 9.51. The van der Waals surface area contributed by atoms with E-state index in [0.29, 0.717) is 5.56 Å². The van der Waals surface area contributed by atoms with Crippen LogP contribution in [0.1, 0.15) is 11.7 Å². The van der Waals surface area contributed by atoms with Crippen molar-refractivity contribution >= 4 is 12.6 Å². The van der Waals surface area contributed by atoms with Crippen molar-refractivity contribution in [2.75, 3.05) is 5.75 Å². The maximum atomic E-state index is 9.46. The lowest BCUT2D eigenvalue weighted by Gasteiger charge is -2.15. The SMILES string of the molecule is OC(CS)C(O)c1ccncc1. The molecule has 12 heavy (non-hydrogen) atoms. The Bertz CT molecular complexity index is 230. The molecule has 1 heterocycles. The third-order valence-electron chi connectivity index (χ3n) is 1.60. The van der Waals surface area contributed by atoms with Crippen molar-refractivity contribution < 1.29 is 10.2 Å². The lowest BCUT2D eigenvalue weighted by Crippen LogP contribution is -2.19. The molecule has 1 aromatic heterocycles. The van der Waals surface area contributed by atoms with Crippen LogP contribution >= 0.6 is 12.6 Å². The summed E-state index contributed by atoms with van der Waals surface area (Å²) in [6.45, 7) is 0. The molecule has 2 N–H and O–H groups in total. The van der Waals surface area contributed by atoms with Gasteiger partial charge in [-0.3, -0.25) is 4.98 Å². The zero-order valence-corrected chi connectivity index (χ0v) is 7.35. The van der Waals surface area contributed by atoms with Gasteiger partial charge in [0.1, 0.15) is 6.10 Å². The van der Waals surface area contributed by atoms with E-state index < -0.39 is 12.2 Å². The smallest absolute Gasteiger partial charge is 0.106 e. The second kappa shape index (κ2) is 4.45. The summed E-state index contributed by atoms with van der Waals surface area (Å²) in [4.78, 5) is 3.80. The average molecular weight is 185 g/mol. The van der Waals surface area contributed by atoms with Gasteiger partial charge in [-0.15, -0.1) is 0 Å².